The molecule has 0 radical (unpaired) electrons. The van der Waals surface area contributed by atoms with E-state index in [-0.39, 0.29) is 0 Å². The summed E-state index contributed by atoms with van der Waals surface area (Å²) < 4.78 is 38.8. The monoisotopic (exact) mass is 432 g/mol. The smallest absolute Gasteiger partial charge is 0.375 e. The molecule has 3 aromatic rings. The molecule has 2 N–H and O–H groups in total. The van der Waals surface area contributed by atoms with Crippen molar-refractivity contribution in [1.82, 2.24) is 9.88 Å². The molecule has 30 heavy (non-hydrogen) atoms. The SMILES string of the molecule is Nc1nc(-c2ccc(CCN3CCN(c4cccc(C(F)(F)F)c4)CC3)cc2)cs1. The fourth-order valence-corrected chi connectivity index (χ4v) is 4.23. The lowest BCUT2D eigenvalue weighted by Gasteiger charge is -2.36. The molecule has 4 nitrogen and oxygen atoms in total. The second-order valence-electron chi connectivity index (χ2n) is 7.39. The van der Waals surface area contributed by atoms with Crippen molar-refractivity contribution in [3.63, 3.8) is 0 Å². The molecule has 1 fully saturated rings. The molecule has 0 atom stereocenters. The van der Waals surface area contributed by atoms with Gasteiger partial charge in [0.1, 0.15) is 0 Å². The van der Waals surface area contributed by atoms with E-state index in [0.29, 0.717) is 10.8 Å². The molecule has 8 heteroatoms. The molecule has 0 unspecified atom stereocenters. The zero-order chi connectivity index (χ0) is 21.1. The second-order valence-corrected chi connectivity index (χ2v) is 8.28. The average Bonchev–Trinajstić information content (AvgIpc) is 3.19. The maximum atomic E-state index is 12.9. The highest BCUT2D eigenvalue weighted by Crippen LogP contribution is 2.32. The highest BCUT2D eigenvalue weighted by molar-refractivity contribution is 7.13. The minimum absolute atomic E-state index is 0.568. The van der Waals surface area contributed by atoms with Crippen LogP contribution < -0.4 is 10.6 Å². The van der Waals surface area contributed by atoms with E-state index in [2.05, 4.69) is 34.1 Å². The van der Waals surface area contributed by atoms with E-state index in [1.54, 1.807) is 6.07 Å². The Balaban J connectivity index is 1.28. The van der Waals surface area contributed by atoms with E-state index in [1.807, 2.05) is 10.3 Å². The van der Waals surface area contributed by atoms with Crippen LogP contribution in [0.4, 0.5) is 24.0 Å². The van der Waals surface area contributed by atoms with Gasteiger partial charge in [-0.1, -0.05) is 30.3 Å². The van der Waals surface area contributed by atoms with Crippen molar-refractivity contribution in [3.05, 3.63) is 65.0 Å². The summed E-state index contributed by atoms with van der Waals surface area (Å²) in [5.41, 5.74) is 8.95. The first-order chi connectivity index (χ1) is 14.4. The molecule has 2 aromatic carbocycles. The van der Waals surface area contributed by atoms with Crippen LogP contribution >= 0.6 is 11.3 Å². The zero-order valence-corrected chi connectivity index (χ0v) is 17.2. The Bertz CT molecular complexity index is 977. The number of hydrogen-bond donors (Lipinski definition) is 1. The Hall–Kier alpha value is -2.58. The normalized spacial score (nSPS) is 15.5. The number of aromatic nitrogens is 1. The van der Waals surface area contributed by atoms with Crippen molar-refractivity contribution in [3.8, 4) is 11.3 Å². The minimum atomic E-state index is -4.31. The van der Waals surface area contributed by atoms with E-state index in [0.717, 1.165) is 56.5 Å². The molecule has 0 aliphatic carbocycles. The maximum absolute atomic E-state index is 12.9. The summed E-state index contributed by atoms with van der Waals surface area (Å²) in [6.45, 7) is 4.06. The van der Waals surface area contributed by atoms with Crippen molar-refractivity contribution in [2.45, 2.75) is 12.6 Å². The van der Waals surface area contributed by atoms with Crippen molar-refractivity contribution < 1.29 is 13.2 Å². The number of halogens is 3. The third kappa shape index (κ3) is 4.94. The highest BCUT2D eigenvalue weighted by Gasteiger charge is 2.31. The van der Waals surface area contributed by atoms with Gasteiger partial charge < -0.3 is 10.6 Å². The van der Waals surface area contributed by atoms with E-state index >= 15 is 0 Å². The molecule has 1 aromatic heterocycles. The molecule has 1 saturated heterocycles. The number of piperazine rings is 1. The number of thiazole rings is 1. The zero-order valence-electron chi connectivity index (χ0n) is 16.4. The Morgan fingerprint density at radius 3 is 2.37 bits per heavy atom. The van der Waals surface area contributed by atoms with Crippen LogP contribution in [0.1, 0.15) is 11.1 Å². The van der Waals surface area contributed by atoms with Crippen LogP contribution in [0.3, 0.4) is 0 Å². The van der Waals surface area contributed by atoms with Gasteiger partial charge in [0.15, 0.2) is 5.13 Å². The first-order valence-corrected chi connectivity index (χ1v) is 10.7. The van der Waals surface area contributed by atoms with E-state index in [9.17, 15) is 13.2 Å². The number of anilines is 2. The summed E-state index contributed by atoms with van der Waals surface area (Å²) >= 11 is 1.43. The molecule has 1 aliphatic rings. The van der Waals surface area contributed by atoms with Crippen molar-refractivity contribution in [2.75, 3.05) is 43.4 Å². The van der Waals surface area contributed by atoms with Crippen LogP contribution in [0.5, 0.6) is 0 Å². The van der Waals surface area contributed by atoms with E-state index < -0.39 is 11.7 Å². The lowest BCUT2D eigenvalue weighted by molar-refractivity contribution is -0.137. The van der Waals surface area contributed by atoms with E-state index in [4.69, 9.17) is 5.73 Å². The van der Waals surface area contributed by atoms with Gasteiger partial charge in [0, 0.05) is 49.4 Å². The van der Waals surface area contributed by atoms with Crippen molar-refractivity contribution in [1.29, 1.82) is 0 Å². The second kappa shape index (κ2) is 8.65. The standard InChI is InChI=1S/C22H23F3N4S/c23-22(24,25)18-2-1-3-19(14-18)29-12-10-28(11-13-29)9-8-16-4-6-17(7-5-16)20-15-30-21(26)27-20/h1-7,14-15H,8-13H2,(H2,26,27). The molecule has 0 amide bonds. The van der Waals surface area contributed by atoms with Gasteiger partial charge in [-0.25, -0.2) is 4.98 Å². The largest absolute Gasteiger partial charge is 0.416 e. The number of nitrogen functional groups attached to an aromatic ring is 1. The number of rotatable bonds is 5. The fourth-order valence-electron chi connectivity index (χ4n) is 3.66. The maximum Gasteiger partial charge on any atom is 0.416 e. The van der Waals surface area contributed by atoms with Gasteiger partial charge in [0.25, 0.3) is 0 Å². The Labute approximate surface area is 177 Å². The fraction of sp³-hybridized carbons (Fsp3) is 0.318. The topological polar surface area (TPSA) is 45.4 Å². The Morgan fingerprint density at radius 2 is 1.73 bits per heavy atom. The van der Waals surface area contributed by atoms with Gasteiger partial charge in [-0.3, -0.25) is 4.90 Å². The van der Waals surface area contributed by atoms with E-state index in [1.165, 1.54) is 29.0 Å². The molecule has 2 heterocycles. The van der Waals surface area contributed by atoms with Crippen molar-refractivity contribution in [2.24, 2.45) is 0 Å². The Morgan fingerprint density at radius 1 is 1.00 bits per heavy atom. The Kier molecular flexibility index (Phi) is 5.97. The lowest BCUT2D eigenvalue weighted by Crippen LogP contribution is -2.47. The molecule has 0 bridgehead atoms. The number of hydrogen-bond acceptors (Lipinski definition) is 5. The summed E-state index contributed by atoms with van der Waals surface area (Å²) in [6.07, 6.45) is -3.37. The summed E-state index contributed by atoms with van der Waals surface area (Å²) in [4.78, 5) is 8.69. The summed E-state index contributed by atoms with van der Waals surface area (Å²) in [6, 6.07) is 14.0. The number of benzene rings is 2. The molecule has 1 aliphatic heterocycles. The minimum Gasteiger partial charge on any atom is -0.375 e. The number of nitrogens with zero attached hydrogens (tertiary/aromatic N) is 3. The van der Waals surface area contributed by atoms with Gasteiger partial charge >= 0.3 is 6.18 Å². The van der Waals surface area contributed by atoms with Gasteiger partial charge in [0.2, 0.25) is 0 Å². The van der Waals surface area contributed by atoms with Crippen LogP contribution in [0.2, 0.25) is 0 Å². The first-order valence-electron chi connectivity index (χ1n) is 9.83. The van der Waals surface area contributed by atoms with Crippen LogP contribution in [0.15, 0.2) is 53.9 Å². The van der Waals surface area contributed by atoms with Crippen LogP contribution in [-0.2, 0) is 12.6 Å². The molecular weight excluding hydrogens is 409 g/mol. The predicted octanol–water partition coefficient (Wildman–Crippen LogP) is 4.78. The number of alkyl halides is 3. The molecule has 158 valence electrons. The van der Waals surface area contributed by atoms with Gasteiger partial charge in [-0.15, -0.1) is 11.3 Å². The molecule has 0 spiro atoms. The summed E-state index contributed by atoms with van der Waals surface area (Å²) in [7, 11) is 0. The molecule has 4 rings (SSSR count). The quantitative estimate of drug-likeness (QED) is 0.631. The molecular formula is C22H23F3N4S. The lowest BCUT2D eigenvalue weighted by atomic mass is 10.1. The first kappa shape index (κ1) is 20.7. The molecule has 0 saturated carbocycles. The van der Waals surface area contributed by atoms with Crippen LogP contribution in [0, 0.1) is 0 Å². The summed E-state index contributed by atoms with van der Waals surface area (Å²) in [5.74, 6) is 0. The predicted molar refractivity (Wildman–Crippen MR) is 116 cm³/mol. The van der Waals surface area contributed by atoms with Gasteiger partial charge in [-0.2, -0.15) is 13.2 Å². The van der Waals surface area contributed by atoms with Crippen LogP contribution in [-0.4, -0.2) is 42.6 Å². The number of nitrogens with two attached hydrogens (primary N) is 1. The average molecular weight is 433 g/mol. The third-order valence-electron chi connectivity index (χ3n) is 5.40. The van der Waals surface area contributed by atoms with Crippen molar-refractivity contribution >= 4 is 22.2 Å². The summed E-state index contributed by atoms with van der Waals surface area (Å²) in [5, 5.41) is 2.52. The van der Waals surface area contributed by atoms with Gasteiger partial charge in [0.05, 0.1) is 11.3 Å². The third-order valence-corrected chi connectivity index (χ3v) is 6.07. The van der Waals surface area contributed by atoms with Crippen LogP contribution in [0.25, 0.3) is 11.3 Å². The highest BCUT2D eigenvalue weighted by atomic mass is 32.1. The van der Waals surface area contributed by atoms with Gasteiger partial charge in [-0.05, 0) is 30.2 Å².